The average Bonchev–Trinajstić information content (AvgIpc) is 2.22. The van der Waals surface area contributed by atoms with Crippen LogP contribution >= 0.6 is 34.8 Å². The molecule has 0 saturated carbocycles. The topological polar surface area (TPSA) is 34.9 Å². The van der Waals surface area contributed by atoms with Crippen molar-refractivity contribution >= 4 is 34.8 Å². The first-order valence-electron chi connectivity index (χ1n) is 4.28. The van der Waals surface area contributed by atoms with E-state index < -0.39 is 0 Å². The Labute approximate surface area is 106 Å². The predicted octanol–water partition coefficient (Wildman–Crippen LogP) is 3.19. The molecule has 0 N–H and O–H groups in total. The van der Waals surface area contributed by atoms with Gasteiger partial charge in [0.15, 0.2) is 0 Å². The Hall–Kier alpha value is -1.03. The molecule has 0 aliphatic heterocycles. The SMILES string of the molecule is O=c1cc(Cl)cnn1-c1cc(Cl)ccc1Cl. The highest BCUT2D eigenvalue weighted by Crippen LogP contribution is 2.22. The van der Waals surface area contributed by atoms with Crippen molar-refractivity contribution in [2.75, 3.05) is 0 Å². The first-order valence-corrected chi connectivity index (χ1v) is 5.41. The summed E-state index contributed by atoms with van der Waals surface area (Å²) in [5.74, 6) is 0. The largest absolute Gasteiger partial charge is 0.273 e. The van der Waals surface area contributed by atoms with Gasteiger partial charge in [0.25, 0.3) is 5.56 Å². The Morgan fingerprint density at radius 3 is 2.50 bits per heavy atom. The zero-order chi connectivity index (χ0) is 11.7. The molecule has 0 amide bonds. The van der Waals surface area contributed by atoms with Gasteiger partial charge in [0.2, 0.25) is 0 Å². The zero-order valence-corrected chi connectivity index (χ0v) is 10.1. The van der Waals surface area contributed by atoms with E-state index in [9.17, 15) is 4.79 Å². The monoisotopic (exact) mass is 274 g/mol. The second kappa shape index (κ2) is 4.45. The third-order valence-corrected chi connectivity index (χ3v) is 2.66. The smallest absolute Gasteiger partial charge is 0.267 e. The Balaban J connectivity index is 2.67. The number of hydrogen-bond acceptors (Lipinski definition) is 2. The van der Waals surface area contributed by atoms with Crippen molar-refractivity contribution in [1.82, 2.24) is 9.78 Å². The van der Waals surface area contributed by atoms with Gasteiger partial charge in [-0.1, -0.05) is 34.8 Å². The quantitative estimate of drug-likeness (QED) is 0.801. The van der Waals surface area contributed by atoms with E-state index in [4.69, 9.17) is 34.8 Å². The fraction of sp³-hybridized carbons (Fsp3) is 0. The number of benzene rings is 1. The first-order chi connectivity index (χ1) is 7.58. The van der Waals surface area contributed by atoms with Gasteiger partial charge >= 0.3 is 0 Å². The van der Waals surface area contributed by atoms with Crippen molar-refractivity contribution in [3.8, 4) is 5.69 Å². The van der Waals surface area contributed by atoms with E-state index in [1.165, 1.54) is 12.3 Å². The molecule has 0 saturated heterocycles. The lowest BCUT2D eigenvalue weighted by Crippen LogP contribution is -2.19. The Kier molecular flexibility index (Phi) is 3.19. The molecule has 2 rings (SSSR count). The van der Waals surface area contributed by atoms with Crippen molar-refractivity contribution in [2.24, 2.45) is 0 Å². The molecule has 0 spiro atoms. The van der Waals surface area contributed by atoms with E-state index >= 15 is 0 Å². The minimum absolute atomic E-state index is 0.277. The molecule has 0 fully saturated rings. The minimum Gasteiger partial charge on any atom is -0.267 e. The third kappa shape index (κ3) is 2.21. The summed E-state index contributed by atoms with van der Waals surface area (Å²) >= 11 is 17.4. The van der Waals surface area contributed by atoms with Crippen LogP contribution in [0.15, 0.2) is 35.3 Å². The van der Waals surface area contributed by atoms with E-state index in [1.807, 2.05) is 0 Å². The van der Waals surface area contributed by atoms with Crippen LogP contribution in [0, 0.1) is 0 Å². The average molecular weight is 276 g/mol. The normalized spacial score (nSPS) is 10.4. The van der Waals surface area contributed by atoms with Crippen molar-refractivity contribution in [1.29, 1.82) is 0 Å². The van der Waals surface area contributed by atoms with E-state index in [2.05, 4.69) is 5.10 Å². The Bertz CT molecular complexity index is 595. The van der Waals surface area contributed by atoms with Gasteiger partial charge in [0.1, 0.15) is 0 Å². The van der Waals surface area contributed by atoms with Crippen LogP contribution < -0.4 is 5.56 Å². The Morgan fingerprint density at radius 2 is 1.81 bits per heavy atom. The molecule has 3 nitrogen and oxygen atoms in total. The lowest BCUT2D eigenvalue weighted by molar-refractivity contribution is 0.807. The lowest BCUT2D eigenvalue weighted by atomic mass is 10.3. The van der Waals surface area contributed by atoms with Gasteiger partial charge in [0, 0.05) is 11.1 Å². The van der Waals surface area contributed by atoms with Crippen molar-refractivity contribution in [3.05, 3.63) is 55.9 Å². The highest BCUT2D eigenvalue weighted by molar-refractivity contribution is 6.34. The molecule has 2 aromatic rings. The molecule has 1 aromatic heterocycles. The Morgan fingerprint density at radius 1 is 1.06 bits per heavy atom. The molecule has 0 unspecified atom stereocenters. The van der Waals surface area contributed by atoms with Gasteiger partial charge in [-0.15, -0.1) is 0 Å². The van der Waals surface area contributed by atoms with E-state index in [0.717, 1.165) is 4.68 Å². The van der Waals surface area contributed by atoms with Crippen LogP contribution in [-0.2, 0) is 0 Å². The van der Waals surface area contributed by atoms with Crippen LogP contribution in [0.4, 0.5) is 0 Å². The van der Waals surface area contributed by atoms with Gasteiger partial charge < -0.3 is 0 Å². The number of halogens is 3. The molecule has 16 heavy (non-hydrogen) atoms. The van der Waals surface area contributed by atoms with Crippen LogP contribution in [-0.4, -0.2) is 9.78 Å². The molecule has 1 aromatic carbocycles. The summed E-state index contributed by atoms with van der Waals surface area (Å²) < 4.78 is 1.14. The molecular formula is C10H5Cl3N2O. The van der Waals surface area contributed by atoms with Gasteiger partial charge in [-0.25, -0.2) is 0 Å². The van der Waals surface area contributed by atoms with Crippen LogP contribution in [0.2, 0.25) is 15.1 Å². The van der Waals surface area contributed by atoms with Gasteiger partial charge in [0.05, 0.1) is 21.9 Å². The maximum Gasteiger partial charge on any atom is 0.273 e. The number of nitrogens with zero attached hydrogens (tertiary/aromatic N) is 2. The molecule has 0 bridgehead atoms. The molecule has 6 heteroatoms. The molecule has 0 aliphatic carbocycles. The van der Waals surface area contributed by atoms with Crippen molar-refractivity contribution in [2.45, 2.75) is 0 Å². The summed E-state index contributed by atoms with van der Waals surface area (Å²) in [7, 11) is 0. The summed E-state index contributed by atoms with van der Waals surface area (Å²) in [5, 5.41) is 5.02. The van der Waals surface area contributed by atoms with Crippen LogP contribution in [0.25, 0.3) is 5.69 Å². The second-order valence-electron chi connectivity index (χ2n) is 3.02. The highest BCUT2D eigenvalue weighted by Gasteiger charge is 2.07. The van der Waals surface area contributed by atoms with Crippen LogP contribution in [0.5, 0.6) is 0 Å². The molecule has 0 aliphatic rings. The number of rotatable bonds is 1. The lowest BCUT2D eigenvalue weighted by Gasteiger charge is -2.06. The maximum absolute atomic E-state index is 11.6. The fourth-order valence-corrected chi connectivity index (χ4v) is 1.72. The second-order valence-corrected chi connectivity index (χ2v) is 4.30. The zero-order valence-electron chi connectivity index (χ0n) is 7.82. The van der Waals surface area contributed by atoms with Crippen LogP contribution in [0.1, 0.15) is 0 Å². The third-order valence-electron chi connectivity index (χ3n) is 1.90. The number of aromatic nitrogens is 2. The summed E-state index contributed by atoms with van der Waals surface area (Å²) in [6, 6.07) is 6.05. The van der Waals surface area contributed by atoms with Crippen LogP contribution in [0.3, 0.4) is 0 Å². The van der Waals surface area contributed by atoms with E-state index in [1.54, 1.807) is 18.2 Å². The highest BCUT2D eigenvalue weighted by atomic mass is 35.5. The van der Waals surface area contributed by atoms with Gasteiger partial charge in [-0.2, -0.15) is 9.78 Å². The van der Waals surface area contributed by atoms with E-state index in [-0.39, 0.29) is 10.6 Å². The molecule has 1 heterocycles. The molecule has 0 atom stereocenters. The summed E-state index contributed by atoms with van der Waals surface area (Å²) in [6.07, 6.45) is 1.36. The summed E-state index contributed by atoms with van der Waals surface area (Å²) in [6.45, 7) is 0. The standard InChI is InChI=1S/C10H5Cl3N2O/c11-6-1-2-8(13)9(3-6)15-10(16)4-7(12)5-14-15/h1-5H. The van der Waals surface area contributed by atoms with Gasteiger partial charge in [-0.05, 0) is 18.2 Å². The first kappa shape index (κ1) is 11.5. The van der Waals surface area contributed by atoms with Gasteiger partial charge in [-0.3, -0.25) is 4.79 Å². The fourth-order valence-electron chi connectivity index (χ4n) is 1.22. The minimum atomic E-state index is -0.364. The van der Waals surface area contributed by atoms with E-state index in [0.29, 0.717) is 15.7 Å². The molecular weight excluding hydrogens is 270 g/mol. The summed E-state index contributed by atoms with van der Waals surface area (Å²) in [4.78, 5) is 11.6. The van der Waals surface area contributed by atoms with Crippen molar-refractivity contribution in [3.63, 3.8) is 0 Å². The number of hydrogen-bond donors (Lipinski definition) is 0. The molecule has 0 radical (unpaired) electrons. The maximum atomic E-state index is 11.6. The molecule has 82 valence electrons. The van der Waals surface area contributed by atoms with Crippen molar-refractivity contribution < 1.29 is 0 Å². The predicted molar refractivity (Wildman–Crippen MR) is 64.9 cm³/mol. The summed E-state index contributed by atoms with van der Waals surface area (Å²) in [5.41, 5.74) is 0.0625.